The quantitative estimate of drug-likeness (QED) is 0.818. The van der Waals surface area contributed by atoms with Gasteiger partial charge < -0.3 is 14.2 Å². The van der Waals surface area contributed by atoms with Crippen molar-refractivity contribution in [3.8, 4) is 5.75 Å². The second-order valence-corrected chi connectivity index (χ2v) is 6.37. The van der Waals surface area contributed by atoms with Crippen LogP contribution in [0.4, 0.5) is 13.2 Å². The van der Waals surface area contributed by atoms with Gasteiger partial charge in [-0.15, -0.1) is 0 Å². The highest BCUT2D eigenvalue weighted by molar-refractivity contribution is 5.77. The fourth-order valence-electron chi connectivity index (χ4n) is 3.35. The van der Waals surface area contributed by atoms with Crippen LogP contribution in [0, 0.1) is 0 Å². The summed E-state index contributed by atoms with van der Waals surface area (Å²) in [4.78, 5) is 26.4. The molecule has 5 nitrogen and oxygen atoms in total. The van der Waals surface area contributed by atoms with Crippen molar-refractivity contribution in [1.82, 2.24) is 9.47 Å². The molecule has 27 heavy (non-hydrogen) atoms. The van der Waals surface area contributed by atoms with Crippen LogP contribution in [0.15, 0.2) is 47.4 Å². The molecule has 1 aliphatic heterocycles. The highest BCUT2D eigenvalue weighted by atomic mass is 19.4. The van der Waals surface area contributed by atoms with Gasteiger partial charge in [-0.25, -0.2) is 0 Å². The molecule has 1 fully saturated rings. The van der Waals surface area contributed by atoms with Gasteiger partial charge in [0.05, 0.1) is 13.2 Å². The lowest BCUT2D eigenvalue weighted by molar-refractivity contribution is -0.139. The summed E-state index contributed by atoms with van der Waals surface area (Å²) in [5.41, 5.74) is -1.55. The molecule has 1 amide bonds. The number of carbonyl (C=O) groups excluding carboxylic acids is 1. The molecule has 1 aromatic carbocycles. The maximum Gasteiger partial charge on any atom is 0.421 e. The van der Waals surface area contributed by atoms with Crippen molar-refractivity contribution >= 4 is 5.91 Å². The minimum Gasteiger partial charge on any atom is -0.497 e. The summed E-state index contributed by atoms with van der Waals surface area (Å²) in [6.07, 6.45) is -1.99. The number of rotatable bonds is 4. The van der Waals surface area contributed by atoms with Crippen LogP contribution in [0.1, 0.15) is 30.0 Å². The van der Waals surface area contributed by atoms with E-state index in [1.54, 1.807) is 24.1 Å². The first-order chi connectivity index (χ1) is 12.8. The third-order valence-corrected chi connectivity index (χ3v) is 4.70. The van der Waals surface area contributed by atoms with E-state index in [4.69, 9.17) is 4.74 Å². The van der Waals surface area contributed by atoms with E-state index in [2.05, 4.69) is 0 Å². The molecule has 144 valence electrons. The molecule has 8 heteroatoms. The van der Waals surface area contributed by atoms with Crippen molar-refractivity contribution in [3.05, 3.63) is 64.1 Å². The number of benzene rings is 1. The molecule has 1 saturated heterocycles. The van der Waals surface area contributed by atoms with Crippen molar-refractivity contribution in [2.45, 2.75) is 31.6 Å². The number of amides is 1. The lowest BCUT2D eigenvalue weighted by Gasteiger charge is -2.25. The predicted molar refractivity (Wildman–Crippen MR) is 92.4 cm³/mol. The molecule has 1 atom stereocenters. The van der Waals surface area contributed by atoms with E-state index in [1.165, 1.54) is 6.20 Å². The first kappa shape index (κ1) is 19.0. The topological polar surface area (TPSA) is 51.5 Å². The number of hydrogen-bond acceptors (Lipinski definition) is 3. The number of aromatic nitrogens is 1. The average Bonchev–Trinajstić information content (AvgIpc) is 3.12. The molecular weight excluding hydrogens is 361 g/mol. The minimum atomic E-state index is -4.75. The van der Waals surface area contributed by atoms with Crippen molar-refractivity contribution < 1.29 is 22.7 Å². The Labute approximate surface area is 154 Å². The Bertz CT molecular complexity index is 875. The summed E-state index contributed by atoms with van der Waals surface area (Å²) < 4.78 is 44.6. The molecule has 0 radical (unpaired) electrons. The molecule has 1 unspecified atom stereocenters. The van der Waals surface area contributed by atoms with Gasteiger partial charge >= 0.3 is 6.18 Å². The predicted octanol–water partition coefficient (Wildman–Crippen LogP) is 3.24. The van der Waals surface area contributed by atoms with E-state index in [0.29, 0.717) is 12.3 Å². The Morgan fingerprint density at radius 2 is 1.93 bits per heavy atom. The van der Waals surface area contributed by atoms with Crippen molar-refractivity contribution in [3.63, 3.8) is 0 Å². The summed E-state index contributed by atoms with van der Waals surface area (Å²) in [5.74, 6) is 0.319. The number of likely N-dealkylation sites (tertiary alicyclic amines) is 1. The monoisotopic (exact) mass is 380 g/mol. The van der Waals surface area contributed by atoms with Crippen LogP contribution in [0.3, 0.4) is 0 Å². The number of nitrogens with zero attached hydrogens (tertiary/aromatic N) is 2. The summed E-state index contributed by atoms with van der Waals surface area (Å²) in [7, 11) is 1.56. The Morgan fingerprint density at radius 3 is 2.56 bits per heavy atom. The molecule has 2 aromatic rings. The zero-order valence-electron chi connectivity index (χ0n) is 14.7. The summed E-state index contributed by atoms with van der Waals surface area (Å²) in [6.45, 7) is 0.0820. The molecule has 1 aliphatic rings. The number of carbonyl (C=O) groups is 1. The molecule has 3 rings (SSSR count). The third-order valence-electron chi connectivity index (χ3n) is 4.70. The summed E-state index contributed by atoms with van der Waals surface area (Å²) in [5, 5.41) is 0. The van der Waals surface area contributed by atoms with Crippen LogP contribution in [0.5, 0.6) is 5.75 Å². The molecule has 0 aliphatic carbocycles. The number of methoxy groups -OCH3 is 1. The number of ether oxygens (including phenoxy) is 1. The Morgan fingerprint density at radius 1 is 1.22 bits per heavy atom. The SMILES string of the molecule is COc1ccc(C2CCCN2C(=O)Cn2cccc(C(F)(F)F)c2=O)cc1. The lowest BCUT2D eigenvalue weighted by atomic mass is 10.0. The smallest absolute Gasteiger partial charge is 0.421 e. The maximum atomic E-state index is 12.9. The average molecular weight is 380 g/mol. The van der Waals surface area contributed by atoms with E-state index >= 15 is 0 Å². The fourth-order valence-corrected chi connectivity index (χ4v) is 3.35. The highest BCUT2D eigenvalue weighted by Crippen LogP contribution is 2.33. The van der Waals surface area contributed by atoms with Crippen molar-refractivity contribution in [2.75, 3.05) is 13.7 Å². The lowest BCUT2D eigenvalue weighted by Crippen LogP contribution is -2.37. The van der Waals surface area contributed by atoms with E-state index in [0.717, 1.165) is 35.1 Å². The molecule has 0 N–H and O–H groups in total. The first-order valence-corrected chi connectivity index (χ1v) is 8.51. The van der Waals surface area contributed by atoms with Crippen LogP contribution in [-0.2, 0) is 17.5 Å². The van der Waals surface area contributed by atoms with Crippen LogP contribution >= 0.6 is 0 Å². The van der Waals surface area contributed by atoms with E-state index in [9.17, 15) is 22.8 Å². The van der Waals surface area contributed by atoms with Gasteiger partial charge in [0.25, 0.3) is 5.56 Å². The first-order valence-electron chi connectivity index (χ1n) is 8.51. The van der Waals surface area contributed by atoms with Gasteiger partial charge in [0.1, 0.15) is 17.9 Å². The Hall–Kier alpha value is -2.77. The van der Waals surface area contributed by atoms with Crippen molar-refractivity contribution in [2.24, 2.45) is 0 Å². The van der Waals surface area contributed by atoms with Gasteiger partial charge in [0, 0.05) is 12.7 Å². The van der Waals surface area contributed by atoms with Gasteiger partial charge in [0.15, 0.2) is 0 Å². The van der Waals surface area contributed by atoms with Crippen LogP contribution in [0.25, 0.3) is 0 Å². The second kappa shape index (κ2) is 7.46. The zero-order chi connectivity index (χ0) is 19.6. The molecule has 1 aromatic heterocycles. The Kier molecular flexibility index (Phi) is 5.25. The maximum absolute atomic E-state index is 12.9. The van der Waals surface area contributed by atoms with Crippen LogP contribution in [0.2, 0.25) is 0 Å². The number of hydrogen-bond donors (Lipinski definition) is 0. The third kappa shape index (κ3) is 3.99. The number of alkyl halides is 3. The molecule has 0 spiro atoms. The summed E-state index contributed by atoms with van der Waals surface area (Å²) >= 11 is 0. The van der Waals surface area contributed by atoms with Gasteiger partial charge in [-0.05, 0) is 42.7 Å². The van der Waals surface area contributed by atoms with Gasteiger partial charge in [-0.1, -0.05) is 12.1 Å². The number of pyridine rings is 1. The highest BCUT2D eigenvalue weighted by Gasteiger charge is 2.35. The molecule has 2 heterocycles. The normalized spacial score (nSPS) is 17.2. The fraction of sp³-hybridized carbons (Fsp3) is 0.368. The minimum absolute atomic E-state index is 0.162. The van der Waals surface area contributed by atoms with E-state index in [-0.39, 0.29) is 11.9 Å². The van der Waals surface area contributed by atoms with E-state index in [1.807, 2.05) is 12.1 Å². The zero-order valence-corrected chi connectivity index (χ0v) is 14.7. The van der Waals surface area contributed by atoms with Gasteiger partial charge in [-0.2, -0.15) is 13.2 Å². The van der Waals surface area contributed by atoms with Crippen LogP contribution < -0.4 is 10.3 Å². The van der Waals surface area contributed by atoms with Gasteiger partial charge in [-0.3, -0.25) is 9.59 Å². The molecule has 0 saturated carbocycles. The largest absolute Gasteiger partial charge is 0.497 e. The second-order valence-electron chi connectivity index (χ2n) is 6.37. The number of halogens is 3. The van der Waals surface area contributed by atoms with Crippen molar-refractivity contribution in [1.29, 1.82) is 0 Å². The Balaban J connectivity index is 1.80. The van der Waals surface area contributed by atoms with Crippen LogP contribution in [-0.4, -0.2) is 29.0 Å². The molecule has 0 bridgehead atoms. The molecular formula is C19H19F3N2O3. The standard InChI is InChI=1S/C19H19F3N2O3/c1-27-14-8-6-13(7-9-14)16-5-3-11-24(16)17(25)12-23-10-2-4-15(18(23)26)19(20,21)22/h2,4,6-10,16H,3,5,11-12H2,1H3. The summed E-state index contributed by atoms with van der Waals surface area (Å²) in [6, 6.07) is 9.02. The van der Waals surface area contributed by atoms with E-state index < -0.39 is 23.8 Å². The van der Waals surface area contributed by atoms with Gasteiger partial charge in [0.2, 0.25) is 5.91 Å².